The van der Waals surface area contributed by atoms with E-state index >= 15 is 0 Å². The van der Waals surface area contributed by atoms with Crippen LogP contribution in [-0.4, -0.2) is 18.1 Å². The summed E-state index contributed by atoms with van der Waals surface area (Å²) < 4.78 is 5.81. The largest absolute Gasteiger partial charge is 0.373 e. The highest BCUT2D eigenvalue weighted by Crippen LogP contribution is 2.31. The van der Waals surface area contributed by atoms with Crippen molar-refractivity contribution < 1.29 is 9.53 Å². The van der Waals surface area contributed by atoms with E-state index < -0.39 is 0 Å². The lowest BCUT2D eigenvalue weighted by molar-refractivity contribution is -0.115. The highest BCUT2D eigenvalue weighted by Gasteiger charge is 2.29. The highest BCUT2D eigenvalue weighted by molar-refractivity contribution is 5.99. The van der Waals surface area contributed by atoms with Crippen LogP contribution in [0.25, 0.3) is 0 Å². The van der Waals surface area contributed by atoms with Crippen LogP contribution in [0.2, 0.25) is 0 Å². The molecule has 4 heteroatoms. The molecule has 0 aromatic heterocycles. The maximum absolute atomic E-state index is 11.3. The Balaban J connectivity index is 1.81. The maximum atomic E-state index is 11.3. The predicted octanol–water partition coefficient (Wildman–Crippen LogP) is 1.75. The number of carbonyl (C=O) groups is 1. The summed E-state index contributed by atoms with van der Waals surface area (Å²) in [6.45, 7) is 2.08. The van der Waals surface area contributed by atoms with Crippen LogP contribution in [-0.2, 0) is 16.0 Å². The third-order valence-electron chi connectivity index (χ3n) is 3.80. The molecule has 0 saturated carbocycles. The quantitative estimate of drug-likeness (QED) is 0.835. The van der Waals surface area contributed by atoms with Crippen LogP contribution in [0, 0.1) is 0 Å². The van der Waals surface area contributed by atoms with Crippen LogP contribution in [0.15, 0.2) is 18.2 Å². The first-order valence-electron chi connectivity index (χ1n) is 6.47. The predicted molar refractivity (Wildman–Crippen MR) is 69.3 cm³/mol. The van der Waals surface area contributed by atoms with Crippen LogP contribution in [0.1, 0.15) is 36.9 Å². The second-order valence-corrected chi connectivity index (χ2v) is 5.23. The summed E-state index contributed by atoms with van der Waals surface area (Å²) >= 11 is 0. The van der Waals surface area contributed by atoms with Gasteiger partial charge in [0.15, 0.2) is 0 Å². The summed E-state index contributed by atoms with van der Waals surface area (Å²) in [5.74, 6) is 0.0569. The van der Waals surface area contributed by atoms with Crippen LogP contribution in [0.3, 0.4) is 0 Å². The fourth-order valence-electron chi connectivity index (χ4n) is 2.77. The van der Waals surface area contributed by atoms with Crippen molar-refractivity contribution in [1.29, 1.82) is 0 Å². The van der Waals surface area contributed by atoms with Crippen LogP contribution in [0.4, 0.5) is 5.69 Å². The first-order valence-corrected chi connectivity index (χ1v) is 6.47. The van der Waals surface area contributed by atoms with Gasteiger partial charge in [0.2, 0.25) is 5.91 Å². The van der Waals surface area contributed by atoms with Gasteiger partial charge in [-0.05, 0) is 37.0 Å². The number of nitrogens with one attached hydrogen (secondary N) is 1. The Morgan fingerprint density at radius 2 is 2.28 bits per heavy atom. The first kappa shape index (κ1) is 11.7. The fourth-order valence-corrected chi connectivity index (χ4v) is 2.77. The van der Waals surface area contributed by atoms with Gasteiger partial charge in [-0.2, -0.15) is 0 Å². The normalized spacial score (nSPS) is 28.0. The number of carbonyl (C=O) groups excluding carboxylic acids is 1. The third kappa shape index (κ3) is 2.02. The average Bonchev–Trinajstić information content (AvgIpc) is 2.92. The molecule has 1 saturated heterocycles. The molecule has 2 aliphatic heterocycles. The van der Waals surface area contributed by atoms with Gasteiger partial charge in [0.1, 0.15) is 0 Å². The molecular formula is C14H18N2O2. The molecule has 3 N–H and O–H groups in total. The van der Waals surface area contributed by atoms with Crippen LogP contribution < -0.4 is 11.1 Å². The lowest BCUT2D eigenvalue weighted by atomic mass is 9.97. The lowest BCUT2D eigenvalue weighted by Gasteiger charge is -2.20. The first-order chi connectivity index (χ1) is 8.63. The van der Waals surface area contributed by atoms with E-state index in [0.717, 1.165) is 29.7 Å². The Morgan fingerprint density at radius 3 is 3.00 bits per heavy atom. The van der Waals surface area contributed by atoms with Crippen LogP contribution in [0.5, 0.6) is 0 Å². The zero-order valence-electron chi connectivity index (χ0n) is 10.5. The molecule has 3 unspecified atom stereocenters. The van der Waals surface area contributed by atoms with E-state index in [-0.39, 0.29) is 18.1 Å². The van der Waals surface area contributed by atoms with Gasteiger partial charge < -0.3 is 15.8 Å². The molecule has 2 heterocycles. The van der Waals surface area contributed by atoms with E-state index in [2.05, 4.69) is 12.2 Å². The SMILES string of the molecule is CC1CCC(C(N)c2ccc3c(c2)CC(=O)N3)O1. The number of anilines is 1. The summed E-state index contributed by atoms with van der Waals surface area (Å²) in [7, 11) is 0. The number of hydrogen-bond acceptors (Lipinski definition) is 3. The van der Waals surface area contributed by atoms with E-state index in [1.54, 1.807) is 0 Å². The molecule has 1 amide bonds. The Hall–Kier alpha value is -1.39. The molecule has 3 rings (SSSR count). The molecule has 18 heavy (non-hydrogen) atoms. The Kier molecular flexibility index (Phi) is 2.84. The van der Waals surface area contributed by atoms with Crippen molar-refractivity contribution in [3.05, 3.63) is 29.3 Å². The smallest absolute Gasteiger partial charge is 0.228 e. The van der Waals surface area contributed by atoms with Gasteiger partial charge in [0, 0.05) is 5.69 Å². The number of nitrogens with two attached hydrogens (primary N) is 1. The van der Waals surface area contributed by atoms with E-state index in [1.165, 1.54) is 0 Å². The molecule has 1 aromatic rings. The maximum Gasteiger partial charge on any atom is 0.228 e. The second-order valence-electron chi connectivity index (χ2n) is 5.23. The number of ether oxygens (including phenoxy) is 1. The van der Waals surface area contributed by atoms with Crippen LogP contribution >= 0.6 is 0 Å². The van der Waals surface area contributed by atoms with Gasteiger partial charge in [-0.25, -0.2) is 0 Å². The summed E-state index contributed by atoms with van der Waals surface area (Å²) in [5.41, 5.74) is 9.27. The van der Waals surface area contributed by atoms with Crippen molar-refractivity contribution in [1.82, 2.24) is 0 Å². The van der Waals surface area contributed by atoms with E-state index in [0.29, 0.717) is 12.5 Å². The monoisotopic (exact) mass is 246 g/mol. The summed E-state index contributed by atoms with van der Waals surface area (Å²) in [4.78, 5) is 11.3. The third-order valence-corrected chi connectivity index (χ3v) is 3.80. The van der Waals surface area contributed by atoms with Crippen molar-refractivity contribution in [3.63, 3.8) is 0 Å². The second kappa shape index (κ2) is 4.37. The molecule has 0 bridgehead atoms. The summed E-state index contributed by atoms with van der Waals surface area (Å²) in [5, 5.41) is 2.83. The van der Waals surface area contributed by atoms with Crippen molar-refractivity contribution in [2.45, 2.75) is 44.4 Å². The van der Waals surface area contributed by atoms with E-state index in [9.17, 15) is 4.79 Å². The zero-order valence-corrected chi connectivity index (χ0v) is 10.5. The van der Waals surface area contributed by atoms with E-state index in [4.69, 9.17) is 10.5 Å². The molecule has 2 aliphatic rings. The summed E-state index contributed by atoms with van der Waals surface area (Å²) in [6.07, 6.45) is 2.94. The summed E-state index contributed by atoms with van der Waals surface area (Å²) in [6, 6.07) is 5.86. The van der Waals surface area contributed by atoms with Gasteiger partial charge in [0.05, 0.1) is 24.7 Å². The Morgan fingerprint density at radius 1 is 1.44 bits per heavy atom. The average molecular weight is 246 g/mol. The molecule has 0 aliphatic carbocycles. The molecule has 0 spiro atoms. The number of benzene rings is 1. The van der Waals surface area contributed by atoms with Crippen molar-refractivity contribution in [3.8, 4) is 0 Å². The molecule has 3 atom stereocenters. The highest BCUT2D eigenvalue weighted by atomic mass is 16.5. The molecule has 4 nitrogen and oxygen atoms in total. The van der Waals surface area contributed by atoms with Gasteiger partial charge in [-0.3, -0.25) is 4.79 Å². The van der Waals surface area contributed by atoms with Gasteiger partial charge in [-0.15, -0.1) is 0 Å². The minimum absolute atomic E-state index is 0.0569. The number of fused-ring (bicyclic) bond motifs is 1. The molecule has 96 valence electrons. The van der Waals surface area contributed by atoms with Gasteiger partial charge >= 0.3 is 0 Å². The minimum Gasteiger partial charge on any atom is -0.373 e. The van der Waals surface area contributed by atoms with Crippen molar-refractivity contribution >= 4 is 11.6 Å². The Bertz CT molecular complexity index is 487. The minimum atomic E-state index is -0.101. The topological polar surface area (TPSA) is 64.4 Å². The van der Waals surface area contributed by atoms with Gasteiger partial charge in [-0.1, -0.05) is 12.1 Å². The lowest BCUT2D eigenvalue weighted by Crippen LogP contribution is -2.26. The van der Waals surface area contributed by atoms with Crippen molar-refractivity contribution in [2.75, 3.05) is 5.32 Å². The number of hydrogen-bond donors (Lipinski definition) is 2. The molecular weight excluding hydrogens is 228 g/mol. The number of amides is 1. The zero-order chi connectivity index (χ0) is 12.7. The molecule has 1 aromatic carbocycles. The fraction of sp³-hybridized carbons (Fsp3) is 0.500. The molecule has 1 fully saturated rings. The van der Waals surface area contributed by atoms with E-state index in [1.807, 2.05) is 18.2 Å². The van der Waals surface area contributed by atoms with Gasteiger partial charge in [0.25, 0.3) is 0 Å². The Labute approximate surface area is 107 Å². The standard InChI is InChI=1S/C14H18N2O2/c1-8-2-5-12(18-8)14(15)9-3-4-11-10(6-9)7-13(17)16-11/h3-4,6,8,12,14H,2,5,7,15H2,1H3,(H,16,17). The number of rotatable bonds is 2. The molecule has 0 radical (unpaired) electrons. The van der Waals surface area contributed by atoms with Crippen molar-refractivity contribution in [2.24, 2.45) is 5.73 Å².